The standard InChI is InChI=1S/C17H21FN3O3/c1-11(2)21(12(3)4)17(22)15-7-13(18)5-6-16(15)24-14-8-19-10-20(23)9-14/h5-12,23H,1-4H3/q+1. The van der Waals surface area contributed by atoms with Crippen molar-refractivity contribution in [3.8, 4) is 11.5 Å². The first-order chi connectivity index (χ1) is 11.3. The van der Waals surface area contributed by atoms with Gasteiger partial charge < -0.3 is 14.8 Å². The van der Waals surface area contributed by atoms with E-state index < -0.39 is 5.82 Å². The Hall–Kier alpha value is -2.70. The highest BCUT2D eigenvalue weighted by Crippen LogP contribution is 2.27. The summed E-state index contributed by atoms with van der Waals surface area (Å²) in [5.74, 6) is -0.432. The van der Waals surface area contributed by atoms with E-state index in [0.717, 1.165) is 10.8 Å². The molecule has 7 heteroatoms. The molecule has 128 valence electrons. The summed E-state index contributed by atoms with van der Waals surface area (Å²) in [6.45, 7) is 7.59. The largest absolute Gasteiger partial charge is 0.449 e. The Morgan fingerprint density at radius 1 is 1.29 bits per heavy atom. The van der Waals surface area contributed by atoms with Crippen LogP contribution in [0, 0.1) is 5.82 Å². The molecular formula is C17H21FN3O3+. The van der Waals surface area contributed by atoms with Gasteiger partial charge in [0.05, 0.1) is 5.56 Å². The maximum Gasteiger partial charge on any atom is 0.324 e. The van der Waals surface area contributed by atoms with Crippen molar-refractivity contribution >= 4 is 5.91 Å². The van der Waals surface area contributed by atoms with Gasteiger partial charge in [-0.25, -0.2) is 4.39 Å². The average molecular weight is 334 g/mol. The second kappa shape index (κ2) is 7.25. The Morgan fingerprint density at radius 2 is 1.96 bits per heavy atom. The summed E-state index contributed by atoms with van der Waals surface area (Å²) in [5, 5.41) is 9.39. The van der Waals surface area contributed by atoms with E-state index in [0.29, 0.717) is 0 Å². The van der Waals surface area contributed by atoms with Crippen molar-refractivity contribution < 1.29 is 23.9 Å². The summed E-state index contributed by atoms with van der Waals surface area (Å²) >= 11 is 0. The molecule has 0 radical (unpaired) electrons. The van der Waals surface area contributed by atoms with Crippen LogP contribution in [0.3, 0.4) is 0 Å². The second-order valence-corrected chi connectivity index (χ2v) is 5.95. The number of carbonyl (C=O) groups is 1. The first-order valence-corrected chi connectivity index (χ1v) is 7.65. The Bertz CT molecular complexity index is 727. The molecule has 24 heavy (non-hydrogen) atoms. The SMILES string of the molecule is CC(C)N(C(=O)c1cc(F)ccc1Oc1cnc[n+](O)c1)C(C)C. The predicted octanol–water partition coefficient (Wildman–Crippen LogP) is 2.80. The van der Waals surface area contributed by atoms with Gasteiger partial charge in [0.2, 0.25) is 5.75 Å². The summed E-state index contributed by atoms with van der Waals surface area (Å²) < 4.78 is 20.0. The summed E-state index contributed by atoms with van der Waals surface area (Å²) in [7, 11) is 0. The molecule has 2 aromatic rings. The maximum absolute atomic E-state index is 13.7. The normalized spacial score (nSPS) is 11.0. The molecule has 1 N–H and O–H groups in total. The fourth-order valence-electron chi connectivity index (χ4n) is 2.51. The van der Waals surface area contributed by atoms with Crippen molar-refractivity contribution in [2.24, 2.45) is 0 Å². The molecule has 1 aromatic heterocycles. The smallest absolute Gasteiger partial charge is 0.324 e. The Kier molecular flexibility index (Phi) is 5.33. The van der Waals surface area contributed by atoms with E-state index in [1.54, 1.807) is 4.90 Å². The predicted molar refractivity (Wildman–Crippen MR) is 84.5 cm³/mol. The number of aromatic nitrogens is 2. The lowest BCUT2D eigenvalue weighted by Crippen LogP contribution is -2.42. The zero-order valence-corrected chi connectivity index (χ0v) is 14.1. The van der Waals surface area contributed by atoms with Crippen LogP contribution < -0.4 is 9.47 Å². The third-order valence-corrected chi connectivity index (χ3v) is 3.39. The van der Waals surface area contributed by atoms with Crippen molar-refractivity contribution in [1.29, 1.82) is 0 Å². The van der Waals surface area contributed by atoms with Crippen molar-refractivity contribution in [1.82, 2.24) is 9.88 Å². The quantitative estimate of drug-likeness (QED) is 0.674. The topological polar surface area (TPSA) is 66.5 Å². The number of amides is 1. The molecule has 1 amide bonds. The molecule has 0 bridgehead atoms. The molecule has 0 spiro atoms. The molecule has 0 fully saturated rings. The van der Waals surface area contributed by atoms with E-state index in [2.05, 4.69) is 4.98 Å². The van der Waals surface area contributed by atoms with E-state index in [9.17, 15) is 14.4 Å². The van der Waals surface area contributed by atoms with Crippen molar-refractivity contribution in [2.45, 2.75) is 39.8 Å². The van der Waals surface area contributed by atoms with Crippen LogP contribution in [0.2, 0.25) is 0 Å². The number of hydrogen-bond donors (Lipinski definition) is 1. The number of halogens is 1. The number of hydrogen-bond acceptors (Lipinski definition) is 4. The van der Waals surface area contributed by atoms with E-state index in [4.69, 9.17) is 4.74 Å². The molecule has 1 heterocycles. The highest BCUT2D eigenvalue weighted by molar-refractivity contribution is 5.97. The highest BCUT2D eigenvalue weighted by Gasteiger charge is 2.25. The lowest BCUT2D eigenvalue weighted by Gasteiger charge is -2.31. The lowest BCUT2D eigenvalue weighted by molar-refractivity contribution is -0.906. The van der Waals surface area contributed by atoms with Crippen molar-refractivity contribution in [3.63, 3.8) is 0 Å². The van der Waals surface area contributed by atoms with Crippen LogP contribution in [0.5, 0.6) is 11.5 Å². The zero-order chi connectivity index (χ0) is 17.9. The molecule has 6 nitrogen and oxygen atoms in total. The minimum atomic E-state index is -0.526. The van der Waals surface area contributed by atoms with Crippen LogP contribution in [0.4, 0.5) is 4.39 Å². The van der Waals surface area contributed by atoms with Gasteiger partial charge in [-0.15, -0.1) is 0 Å². The van der Waals surface area contributed by atoms with Crippen LogP contribution in [0.25, 0.3) is 0 Å². The van der Waals surface area contributed by atoms with Gasteiger partial charge in [-0.1, -0.05) is 4.73 Å². The van der Waals surface area contributed by atoms with Crippen molar-refractivity contribution in [2.75, 3.05) is 0 Å². The second-order valence-electron chi connectivity index (χ2n) is 5.95. The summed E-state index contributed by atoms with van der Waals surface area (Å²) in [5.41, 5.74) is 0.116. The van der Waals surface area contributed by atoms with Gasteiger partial charge >= 0.3 is 6.33 Å². The Morgan fingerprint density at radius 3 is 2.54 bits per heavy atom. The summed E-state index contributed by atoms with van der Waals surface area (Å²) in [6, 6.07) is 3.65. The molecule has 0 saturated heterocycles. The van der Waals surface area contributed by atoms with Gasteiger partial charge in [-0.05, 0) is 50.9 Å². The van der Waals surface area contributed by atoms with Crippen LogP contribution in [-0.2, 0) is 0 Å². The van der Waals surface area contributed by atoms with E-state index in [1.807, 2.05) is 27.7 Å². The number of nitrogens with zero attached hydrogens (tertiary/aromatic N) is 3. The van der Waals surface area contributed by atoms with Gasteiger partial charge in [0, 0.05) is 12.1 Å². The molecule has 0 saturated carbocycles. The van der Waals surface area contributed by atoms with Crippen LogP contribution in [0.15, 0.2) is 36.9 Å². The monoisotopic (exact) mass is 334 g/mol. The molecule has 0 aliphatic rings. The maximum atomic E-state index is 13.7. The highest BCUT2D eigenvalue weighted by atomic mass is 19.1. The van der Waals surface area contributed by atoms with E-state index in [-0.39, 0.29) is 35.1 Å². The fraction of sp³-hybridized carbons (Fsp3) is 0.353. The zero-order valence-electron chi connectivity index (χ0n) is 14.1. The average Bonchev–Trinajstić information content (AvgIpc) is 2.48. The van der Waals surface area contributed by atoms with E-state index in [1.165, 1.54) is 30.9 Å². The molecule has 0 unspecified atom stereocenters. The van der Waals surface area contributed by atoms with Gasteiger partial charge in [-0.2, -0.15) is 0 Å². The lowest BCUT2D eigenvalue weighted by atomic mass is 10.1. The summed E-state index contributed by atoms with van der Waals surface area (Å²) in [4.78, 5) is 18.3. The molecule has 0 atom stereocenters. The van der Waals surface area contributed by atoms with Gasteiger partial charge in [0.25, 0.3) is 5.91 Å². The number of ether oxygens (including phenoxy) is 1. The van der Waals surface area contributed by atoms with E-state index >= 15 is 0 Å². The molecular weight excluding hydrogens is 313 g/mol. The minimum absolute atomic E-state index is 0.0494. The third kappa shape index (κ3) is 3.98. The van der Waals surface area contributed by atoms with Gasteiger partial charge in [0.15, 0.2) is 12.4 Å². The van der Waals surface area contributed by atoms with Crippen LogP contribution in [0.1, 0.15) is 38.1 Å². The Balaban J connectivity index is 2.42. The number of carbonyl (C=O) groups excluding carboxylic acids is 1. The first-order valence-electron chi connectivity index (χ1n) is 7.65. The van der Waals surface area contributed by atoms with Crippen LogP contribution >= 0.6 is 0 Å². The molecule has 1 aromatic carbocycles. The fourth-order valence-corrected chi connectivity index (χ4v) is 2.51. The number of benzene rings is 1. The minimum Gasteiger partial charge on any atom is -0.449 e. The van der Waals surface area contributed by atoms with Crippen molar-refractivity contribution in [3.05, 3.63) is 48.3 Å². The third-order valence-electron chi connectivity index (χ3n) is 3.39. The molecule has 2 rings (SSSR count). The van der Waals surface area contributed by atoms with Gasteiger partial charge in [0.1, 0.15) is 11.6 Å². The Labute approximate surface area is 140 Å². The number of rotatable bonds is 5. The van der Waals surface area contributed by atoms with Crippen LogP contribution in [-0.4, -0.2) is 33.1 Å². The molecule has 0 aliphatic carbocycles. The van der Waals surface area contributed by atoms with Gasteiger partial charge in [-0.3, -0.25) is 4.79 Å². The first kappa shape index (κ1) is 17.7. The summed E-state index contributed by atoms with van der Waals surface area (Å²) in [6.07, 6.45) is 3.85. The molecule has 0 aliphatic heterocycles.